The number of hydrogen-bond donors (Lipinski definition) is 0. The van der Waals surface area contributed by atoms with E-state index < -0.39 is 0 Å². The second-order valence-corrected chi connectivity index (χ2v) is 3.26. The number of rotatable bonds is 7. The van der Waals surface area contributed by atoms with Gasteiger partial charge in [0.1, 0.15) is 5.82 Å². The highest BCUT2D eigenvalue weighted by molar-refractivity contribution is 5.82. The third kappa shape index (κ3) is 3.17. The second-order valence-electron chi connectivity index (χ2n) is 3.26. The van der Waals surface area contributed by atoms with Crippen molar-refractivity contribution in [3.8, 4) is 0 Å². The molecule has 16 heavy (non-hydrogen) atoms. The van der Waals surface area contributed by atoms with E-state index in [1.54, 1.807) is 31.5 Å². The van der Waals surface area contributed by atoms with Gasteiger partial charge < -0.3 is 9.64 Å². The highest BCUT2D eigenvalue weighted by Crippen LogP contribution is 2.14. The maximum absolute atomic E-state index is 10.9. The fourth-order valence-corrected chi connectivity index (χ4v) is 1.41. The van der Waals surface area contributed by atoms with E-state index in [9.17, 15) is 4.79 Å². The monoisotopic (exact) mass is 220 g/mol. The van der Waals surface area contributed by atoms with Crippen molar-refractivity contribution in [3.63, 3.8) is 0 Å². The Kier molecular flexibility index (Phi) is 5.22. The Hall–Kier alpha value is -1.68. The van der Waals surface area contributed by atoms with Gasteiger partial charge in [-0.25, -0.2) is 4.98 Å². The normalized spacial score (nSPS) is 9.81. The molecule has 0 unspecified atom stereocenters. The number of methoxy groups -OCH3 is 1. The maximum Gasteiger partial charge on any atom is 0.153 e. The highest BCUT2D eigenvalue weighted by atomic mass is 16.5. The number of aldehydes is 1. The van der Waals surface area contributed by atoms with Crippen LogP contribution in [-0.4, -0.2) is 38.1 Å². The summed E-state index contributed by atoms with van der Waals surface area (Å²) in [5.41, 5.74) is 0.584. The summed E-state index contributed by atoms with van der Waals surface area (Å²) in [7, 11) is 1.64. The van der Waals surface area contributed by atoms with Crippen molar-refractivity contribution in [1.82, 2.24) is 4.98 Å². The van der Waals surface area contributed by atoms with E-state index >= 15 is 0 Å². The fourth-order valence-electron chi connectivity index (χ4n) is 1.41. The number of carbonyl (C=O) groups is 1. The molecular formula is C12H16N2O2. The molecule has 0 atom stereocenters. The third-order valence-corrected chi connectivity index (χ3v) is 2.16. The van der Waals surface area contributed by atoms with Crippen LogP contribution in [0, 0.1) is 0 Å². The van der Waals surface area contributed by atoms with Gasteiger partial charge in [-0.05, 0) is 12.1 Å². The molecule has 0 aliphatic carbocycles. The summed E-state index contributed by atoms with van der Waals surface area (Å²) in [6.07, 6.45) is 4.26. The number of ether oxygens (including phenoxy) is 1. The van der Waals surface area contributed by atoms with Gasteiger partial charge in [-0.1, -0.05) is 6.08 Å². The zero-order chi connectivity index (χ0) is 11.8. The lowest BCUT2D eigenvalue weighted by atomic mass is 10.2. The molecular weight excluding hydrogens is 204 g/mol. The third-order valence-electron chi connectivity index (χ3n) is 2.16. The lowest BCUT2D eigenvalue weighted by Gasteiger charge is -2.22. The van der Waals surface area contributed by atoms with Crippen LogP contribution >= 0.6 is 0 Å². The Morgan fingerprint density at radius 1 is 1.62 bits per heavy atom. The minimum Gasteiger partial charge on any atom is -0.383 e. The molecule has 0 radical (unpaired) electrons. The van der Waals surface area contributed by atoms with Gasteiger partial charge in [-0.3, -0.25) is 4.79 Å². The van der Waals surface area contributed by atoms with Gasteiger partial charge in [0.15, 0.2) is 6.29 Å². The fraction of sp³-hybridized carbons (Fsp3) is 0.333. The highest BCUT2D eigenvalue weighted by Gasteiger charge is 2.10. The Labute approximate surface area is 95.6 Å². The van der Waals surface area contributed by atoms with E-state index in [2.05, 4.69) is 11.6 Å². The SMILES string of the molecule is C=CCN(CCOC)c1ncccc1C=O. The van der Waals surface area contributed by atoms with E-state index in [1.165, 1.54) is 0 Å². The summed E-state index contributed by atoms with van der Waals surface area (Å²) in [5.74, 6) is 0.675. The Bertz CT molecular complexity index is 353. The van der Waals surface area contributed by atoms with Crippen LogP contribution in [0.2, 0.25) is 0 Å². The molecule has 0 N–H and O–H groups in total. The van der Waals surface area contributed by atoms with E-state index in [0.29, 0.717) is 31.1 Å². The van der Waals surface area contributed by atoms with Crippen molar-refractivity contribution in [2.45, 2.75) is 0 Å². The molecule has 4 heteroatoms. The van der Waals surface area contributed by atoms with Crippen molar-refractivity contribution in [2.24, 2.45) is 0 Å². The number of hydrogen-bond acceptors (Lipinski definition) is 4. The molecule has 0 spiro atoms. The minimum atomic E-state index is 0.584. The van der Waals surface area contributed by atoms with Crippen LogP contribution < -0.4 is 4.90 Å². The van der Waals surface area contributed by atoms with Crippen LogP contribution in [0.15, 0.2) is 31.0 Å². The van der Waals surface area contributed by atoms with Crippen molar-refractivity contribution in [2.75, 3.05) is 31.7 Å². The molecule has 0 saturated carbocycles. The van der Waals surface area contributed by atoms with Gasteiger partial charge in [0.25, 0.3) is 0 Å². The molecule has 0 aromatic carbocycles. The molecule has 0 fully saturated rings. The molecule has 4 nitrogen and oxygen atoms in total. The van der Waals surface area contributed by atoms with Crippen LogP contribution in [0.5, 0.6) is 0 Å². The first-order valence-corrected chi connectivity index (χ1v) is 5.08. The quantitative estimate of drug-likeness (QED) is 0.516. The molecule has 0 bridgehead atoms. The van der Waals surface area contributed by atoms with Crippen molar-refractivity contribution >= 4 is 12.1 Å². The predicted molar refractivity (Wildman–Crippen MR) is 63.9 cm³/mol. The standard InChI is InChI=1S/C12H16N2O2/c1-3-7-14(8-9-16-2)12-11(10-15)5-4-6-13-12/h3-6,10H,1,7-9H2,2H3. The molecule has 0 amide bonds. The van der Waals surface area contributed by atoms with Crippen LogP contribution in [0.1, 0.15) is 10.4 Å². The molecule has 1 aromatic heterocycles. The van der Waals surface area contributed by atoms with Gasteiger partial charge in [0, 0.05) is 26.4 Å². The van der Waals surface area contributed by atoms with Gasteiger partial charge in [-0.15, -0.1) is 6.58 Å². The lowest BCUT2D eigenvalue weighted by molar-refractivity contribution is 0.112. The number of anilines is 1. The van der Waals surface area contributed by atoms with E-state index in [-0.39, 0.29) is 0 Å². The molecule has 1 heterocycles. The molecule has 0 aliphatic heterocycles. The first kappa shape index (κ1) is 12.4. The average molecular weight is 220 g/mol. The maximum atomic E-state index is 10.9. The average Bonchev–Trinajstić information content (AvgIpc) is 2.34. The first-order valence-electron chi connectivity index (χ1n) is 5.08. The number of aromatic nitrogens is 1. The zero-order valence-corrected chi connectivity index (χ0v) is 9.43. The van der Waals surface area contributed by atoms with Gasteiger partial charge in [-0.2, -0.15) is 0 Å². The van der Waals surface area contributed by atoms with Crippen LogP contribution in [0.4, 0.5) is 5.82 Å². The van der Waals surface area contributed by atoms with Gasteiger partial charge in [0.2, 0.25) is 0 Å². The molecule has 0 saturated heterocycles. The summed E-state index contributed by atoms with van der Waals surface area (Å²) in [4.78, 5) is 17.1. The smallest absolute Gasteiger partial charge is 0.153 e. The number of nitrogens with zero attached hydrogens (tertiary/aromatic N) is 2. The summed E-state index contributed by atoms with van der Waals surface area (Å²) >= 11 is 0. The minimum absolute atomic E-state index is 0.584. The molecule has 1 rings (SSSR count). The summed E-state index contributed by atoms with van der Waals surface area (Å²) < 4.78 is 5.02. The van der Waals surface area contributed by atoms with E-state index in [4.69, 9.17) is 4.74 Å². The summed E-state index contributed by atoms with van der Waals surface area (Å²) in [6.45, 7) is 5.60. The van der Waals surface area contributed by atoms with Crippen molar-refractivity contribution in [3.05, 3.63) is 36.5 Å². The molecule has 1 aromatic rings. The van der Waals surface area contributed by atoms with E-state index in [0.717, 1.165) is 6.29 Å². The van der Waals surface area contributed by atoms with Gasteiger partial charge >= 0.3 is 0 Å². The topological polar surface area (TPSA) is 42.4 Å². The van der Waals surface area contributed by atoms with Crippen LogP contribution in [-0.2, 0) is 4.74 Å². The van der Waals surface area contributed by atoms with Crippen LogP contribution in [0.3, 0.4) is 0 Å². The van der Waals surface area contributed by atoms with Gasteiger partial charge in [0.05, 0.1) is 12.2 Å². The Morgan fingerprint density at radius 3 is 3.06 bits per heavy atom. The lowest BCUT2D eigenvalue weighted by Crippen LogP contribution is -2.29. The number of pyridine rings is 1. The Morgan fingerprint density at radius 2 is 2.44 bits per heavy atom. The molecule has 0 aliphatic rings. The van der Waals surface area contributed by atoms with Crippen LogP contribution in [0.25, 0.3) is 0 Å². The van der Waals surface area contributed by atoms with Crippen molar-refractivity contribution in [1.29, 1.82) is 0 Å². The summed E-state index contributed by atoms with van der Waals surface area (Å²) in [5, 5.41) is 0. The van der Waals surface area contributed by atoms with E-state index in [1.807, 2.05) is 4.90 Å². The molecule has 86 valence electrons. The van der Waals surface area contributed by atoms with Crippen molar-refractivity contribution < 1.29 is 9.53 Å². The summed E-state index contributed by atoms with van der Waals surface area (Å²) in [6, 6.07) is 3.49. The Balaban J connectivity index is 2.89. The number of carbonyl (C=O) groups excluding carboxylic acids is 1. The first-order chi connectivity index (χ1) is 7.83. The zero-order valence-electron chi connectivity index (χ0n) is 9.43. The largest absolute Gasteiger partial charge is 0.383 e. The second kappa shape index (κ2) is 6.74. The predicted octanol–water partition coefficient (Wildman–Crippen LogP) is 1.53.